The van der Waals surface area contributed by atoms with Crippen LogP contribution in [0.3, 0.4) is 0 Å². The summed E-state index contributed by atoms with van der Waals surface area (Å²) in [5, 5.41) is 5.00. The number of rotatable bonds is 9. The standard InChI is InChI=1S/C29H31F3N4O6S/c1-18(2)15-21(35-27(38)25-12-11-24(42-25)19-7-5-8-20(16-19)29(30,31)32)28(39)36(22-9-6-13-33-17-23(22)37)43(40,41)26-10-3-4-14-34-26/h3-5,7-8,10-12,14,16,18,21-22,33H,6,9,13,15,17H2,1-2H3,(H,35,38)/t21?,22-/m0/s1. The minimum Gasteiger partial charge on any atom is -0.451 e. The van der Waals surface area contributed by atoms with Gasteiger partial charge in [-0.25, -0.2) is 9.29 Å². The Morgan fingerprint density at radius 2 is 1.91 bits per heavy atom. The zero-order valence-corrected chi connectivity index (χ0v) is 24.2. The number of halogens is 3. The van der Waals surface area contributed by atoms with Gasteiger partial charge in [-0.2, -0.15) is 21.6 Å². The molecule has 1 unspecified atom stereocenters. The number of alkyl halides is 3. The molecular weight excluding hydrogens is 589 g/mol. The van der Waals surface area contributed by atoms with Crippen molar-refractivity contribution in [2.75, 3.05) is 13.1 Å². The molecule has 3 aromatic rings. The van der Waals surface area contributed by atoms with Gasteiger partial charge in [-0.1, -0.05) is 32.0 Å². The molecule has 2 N–H and O–H groups in total. The van der Waals surface area contributed by atoms with E-state index in [1.807, 2.05) is 0 Å². The molecule has 2 amide bonds. The van der Waals surface area contributed by atoms with E-state index in [9.17, 15) is 36.0 Å². The van der Waals surface area contributed by atoms with E-state index in [0.717, 1.165) is 12.1 Å². The second-order valence-electron chi connectivity index (χ2n) is 10.5. The van der Waals surface area contributed by atoms with Gasteiger partial charge >= 0.3 is 6.18 Å². The quantitative estimate of drug-likeness (QED) is 0.366. The molecule has 1 aromatic carbocycles. The van der Waals surface area contributed by atoms with Crippen LogP contribution in [0, 0.1) is 5.92 Å². The summed E-state index contributed by atoms with van der Waals surface area (Å²) >= 11 is 0. The molecule has 4 rings (SSSR count). The van der Waals surface area contributed by atoms with Gasteiger partial charge in [-0.15, -0.1) is 0 Å². The lowest BCUT2D eigenvalue weighted by Crippen LogP contribution is -2.56. The number of pyridine rings is 1. The number of nitrogens with zero attached hydrogens (tertiary/aromatic N) is 2. The van der Waals surface area contributed by atoms with Gasteiger partial charge < -0.3 is 15.1 Å². The minimum absolute atomic E-state index is 0.0131. The fraction of sp³-hybridized carbons (Fsp3) is 0.379. The summed E-state index contributed by atoms with van der Waals surface area (Å²) in [6, 6.07) is 8.38. The Morgan fingerprint density at radius 3 is 2.58 bits per heavy atom. The van der Waals surface area contributed by atoms with Crippen molar-refractivity contribution >= 4 is 27.6 Å². The van der Waals surface area contributed by atoms with Crippen molar-refractivity contribution in [3.63, 3.8) is 0 Å². The van der Waals surface area contributed by atoms with E-state index >= 15 is 0 Å². The number of ketones is 1. The third kappa shape index (κ3) is 7.49. The predicted octanol–water partition coefficient (Wildman–Crippen LogP) is 4.04. The maximum atomic E-state index is 14.1. The first-order valence-electron chi connectivity index (χ1n) is 13.6. The fourth-order valence-corrected chi connectivity index (χ4v) is 6.31. The number of amides is 2. The number of sulfonamides is 1. The number of Topliss-reactive ketones (excluding diaryl/α,β-unsaturated/α-hetero) is 1. The molecule has 10 nitrogen and oxygen atoms in total. The normalized spacial score (nSPS) is 16.9. The van der Waals surface area contributed by atoms with Crippen LogP contribution in [0.4, 0.5) is 13.2 Å². The maximum Gasteiger partial charge on any atom is 0.416 e. The van der Waals surface area contributed by atoms with Gasteiger partial charge in [0, 0.05) is 11.8 Å². The number of carbonyl (C=O) groups is 3. The molecule has 43 heavy (non-hydrogen) atoms. The van der Waals surface area contributed by atoms with Crippen molar-refractivity contribution < 1.29 is 40.4 Å². The SMILES string of the molecule is CC(C)CC(NC(=O)c1ccc(-c2cccc(C(F)(F)F)c2)o1)C(=O)N([C@H]1CCCNCC1=O)S(=O)(=O)c1ccccn1. The van der Waals surface area contributed by atoms with E-state index in [4.69, 9.17) is 4.42 Å². The molecular formula is C29H31F3N4O6S. The Hall–Kier alpha value is -4.04. The zero-order chi connectivity index (χ0) is 31.4. The van der Waals surface area contributed by atoms with Crippen molar-refractivity contribution in [1.29, 1.82) is 0 Å². The van der Waals surface area contributed by atoms with Crippen LogP contribution in [0.1, 0.15) is 49.2 Å². The van der Waals surface area contributed by atoms with Gasteiger partial charge in [0.1, 0.15) is 17.8 Å². The van der Waals surface area contributed by atoms with Crippen molar-refractivity contribution in [1.82, 2.24) is 19.9 Å². The largest absolute Gasteiger partial charge is 0.451 e. The molecule has 0 spiro atoms. The highest BCUT2D eigenvalue weighted by Crippen LogP contribution is 2.33. The van der Waals surface area contributed by atoms with Gasteiger partial charge in [0.2, 0.25) is 0 Å². The van der Waals surface area contributed by atoms with Crippen LogP contribution in [0.2, 0.25) is 0 Å². The minimum atomic E-state index is -4.62. The molecule has 3 heterocycles. The zero-order valence-electron chi connectivity index (χ0n) is 23.4. The van der Waals surface area contributed by atoms with Crippen LogP contribution in [0.15, 0.2) is 70.2 Å². The smallest absolute Gasteiger partial charge is 0.416 e. The lowest BCUT2D eigenvalue weighted by molar-refractivity contribution is -0.137. The summed E-state index contributed by atoms with van der Waals surface area (Å²) in [6.07, 6.45) is -2.82. The number of aromatic nitrogens is 1. The third-order valence-electron chi connectivity index (χ3n) is 6.78. The molecule has 0 radical (unpaired) electrons. The van der Waals surface area contributed by atoms with Gasteiger partial charge in [-0.05, 0) is 68.1 Å². The molecule has 0 aliphatic carbocycles. The molecule has 1 fully saturated rings. The van der Waals surface area contributed by atoms with Crippen molar-refractivity contribution in [2.45, 2.75) is 56.4 Å². The maximum absolute atomic E-state index is 14.1. The Bertz CT molecular complexity index is 1570. The molecule has 14 heteroatoms. The Morgan fingerprint density at radius 1 is 1.14 bits per heavy atom. The van der Waals surface area contributed by atoms with Crippen LogP contribution in [0.25, 0.3) is 11.3 Å². The molecule has 1 aliphatic heterocycles. The van der Waals surface area contributed by atoms with Crippen LogP contribution < -0.4 is 10.6 Å². The summed E-state index contributed by atoms with van der Waals surface area (Å²) in [7, 11) is -4.62. The second kappa shape index (κ2) is 13.1. The molecule has 0 bridgehead atoms. The number of benzene rings is 1. The second-order valence-corrected chi connectivity index (χ2v) is 12.3. The molecule has 230 valence electrons. The molecule has 1 saturated heterocycles. The molecule has 2 atom stereocenters. The number of furan rings is 1. The Balaban J connectivity index is 1.66. The first-order chi connectivity index (χ1) is 20.3. The highest BCUT2D eigenvalue weighted by atomic mass is 32.2. The van der Waals surface area contributed by atoms with Gasteiger partial charge in [0.25, 0.3) is 21.8 Å². The van der Waals surface area contributed by atoms with Crippen molar-refractivity contribution in [3.05, 3.63) is 72.1 Å². The van der Waals surface area contributed by atoms with E-state index < -0.39 is 56.5 Å². The summed E-state index contributed by atoms with van der Waals surface area (Å²) in [4.78, 5) is 44.3. The van der Waals surface area contributed by atoms with Crippen LogP contribution in [0.5, 0.6) is 0 Å². The topological polar surface area (TPSA) is 139 Å². The summed E-state index contributed by atoms with van der Waals surface area (Å²) < 4.78 is 73.2. The summed E-state index contributed by atoms with van der Waals surface area (Å²) in [5.41, 5.74) is -0.816. The lowest BCUT2D eigenvalue weighted by atomic mass is 10.0. The van der Waals surface area contributed by atoms with Gasteiger partial charge in [0.05, 0.1) is 12.1 Å². The van der Waals surface area contributed by atoms with Gasteiger partial charge in [-0.3, -0.25) is 14.4 Å². The Kier molecular flexibility index (Phi) is 9.70. The van der Waals surface area contributed by atoms with Gasteiger partial charge in [0.15, 0.2) is 16.6 Å². The van der Waals surface area contributed by atoms with E-state index in [-0.39, 0.29) is 42.4 Å². The predicted molar refractivity (Wildman–Crippen MR) is 149 cm³/mol. The van der Waals surface area contributed by atoms with E-state index in [1.54, 1.807) is 13.8 Å². The molecule has 1 aliphatic rings. The Labute approximate surface area is 246 Å². The average molecular weight is 621 g/mol. The number of nitrogens with one attached hydrogen (secondary N) is 2. The van der Waals surface area contributed by atoms with Crippen LogP contribution in [-0.4, -0.2) is 60.5 Å². The molecule has 0 saturated carbocycles. The number of hydrogen-bond donors (Lipinski definition) is 2. The first-order valence-corrected chi connectivity index (χ1v) is 15.0. The van der Waals surface area contributed by atoms with Crippen molar-refractivity contribution in [2.24, 2.45) is 5.92 Å². The highest BCUT2D eigenvalue weighted by Gasteiger charge is 2.43. The van der Waals surface area contributed by atoms with Crippen LogP contribution in [-0.2, 0) is 25.8 Å². The first kappa shape index (κ1) is 31.9. The van der Waals surface area contributed by atoms with Crippen LogP contribution >= 0.6 is 0 Å². The monoisotopic (exact) mass is 620 g/mol. The fourth-order valence-electron chi connectivity index (χ4n) is 4.74. The summed E-state index contributed by atoms with van der Waals surface area (Å²) in [5.74, 6) is -2.92. The summed E-state index contributed by atoms with van der Waals surface area (Å²) in [6.45, 7) is 3.84. The molecule has 2 aromatic heterocycles. The highest BCUT2D eigenvalue weighted by molar-refractivity contribution is 7.89. The van der Waals surface area contributed by atoms with E-state index in [1.165, 1.54) is 48.7 Å². The lowest BCUT2D eigenvalue weighted by Gasteiger charge is -2.32. The average Bonchev–Trinajstić information content (AvgIpc) is 3.37. The number of hydrogen-bond acceptors (Lipinski definition) is 8. The third-order valence-corrected chi connectivity index (χ3v) is 8.50. The van der Waals surface area contributed by atoms with E-state index in [0.29, 0.717) is 17.3 Å². The van der Waals surface area contributed by atoms with E-state index in [2.05, 4.69) is 15.6 Å². The number of carbonyl (C=O) groups excluding carboxylic acids is 3. The van der Waals surface area contributed by atoms with Crippen molar-refractivity contribution in [3.8, 4) is 11.3 Å².